The van der Waals surface area contributed by atoms with E-state index < -0.39 is 28.8 Å². The summed E-state index contributed by atoms with van der Waals surface area (Å²) >= 11 is 0. The molecule has 0 radical (unpaired) electrons. The van der Waals surface area contributed by atoms with Crippen LogP contribution in [0.5, 0.6) is 0 Å². The second kappa shape index (κ2) is 13.1. The Labute approximate surface area is 300 Å². The maximum atomic E-state index is 14.5. The first-order valence-corrected chi connectivity index (χ1v) is 20.1. The van der Waals surface area contributed by atoms with E-state index in [1.54, 1.807) is 0 Å². The summed E-state index contributed by atoms with van der Waals surface area (Å²) in [7, 11) is 0. The van der Waals surface area contributed by atoms with Crippen molar-refractivity contribution in [3.8, 4) is 11.8 Å². The number of ether oxygens (including phenoxy) is 3. The monoisotopic (exact) mass is 684 g/mol. The predicted molar refractivity (Wildman–Crippen MR) is 193 cm³/mol. The van der Waals surface area contributed by atoms with Crippen LogP contribution in [0.4, 0.5) is 0 Å². The Balaban J connectivity index is 1.27. The average molecular weight is 685 g/mol. The molecular weight excluding hydrogens is 624 g/mol. The van der Waals surface area contributed by atoms with Crippen molar-refractivity contribution in [3.05, 3.63) is 47.5 Å². The summed E-state index contributed by atoms with van der Waals surface area (Å²) in [6.07, 6.45) is 12.5. The summed E-state index contributed by atoms with van der Waals surface area (Å²) in [4.78, 5) is 14.5. The van der Waals surface area contributed by atoms with Crippen LogP contribution in [0.1, 0.15) is 116 Å². The third kappa shape index (κ3) is 5.26. The topological polar surface area (TPSA) is 85.2 Å². The van der Waals surface area contributed by atoms with E-state index in [0.29, 0.717) is 25.0 Å². The van der Waals surface area contributed by atoms with Gasteiger partial charge in [-0.1, -0.05) is 82.2 Å². The van der Waals surface area contributed by atoms with Gasteiger partial charge in [-0.05, 0) is 117 Å². The number of carbonyl (C=O) groups excluding carboxylic acids is 1. The summed E-state index contributed by atoms with van der Waals surface area (Å²) in [6, 6.07) is 10.4. The van der Waals surface area contributed by atoms with E-state index in [0.717, 1.165) is 63.4 Å². The van der Waals surface area contributed by atoms with Gasteiger partial charge in [0.05, 0.1) is 35.9 Å². The van der Waals surface area contributed by atoms with Crippen molar-refractivity contribution in [2.75, 3.05) is 19.8 Å². The van der Waals surface area contributed by atoms with Crippen LogP contribution in [-0.2, 0) is 19.0 Å². The molecule has 5 fully saturated rings. The van der Waals surface area contributed by atoms with E-state index in [2.05, 4.69) is 56.9 Å². The molecule has 2 N–H and O–H groups in total. The Kier molecular flexibility index (Phi) is 9.20. The minimum Gasteiger partial charge on any atom is -0.387 e. The van der Waals surface area contributed by atoms with Crippen LogP contribution in [0.25, 0.3) is 0 Å². The van der Waals surface area contributed by atoms with Gasteiger partial charge in [0.2, 0.25) is 0 Å². The Bertz CT molecular complexity index is 1520. The van der Waals surface area contributed by atoms with Gasteiger partial charge in [0.15, 0.2) is 5.78 Å². The minimum absolute atomic E-state index is 0.0495. The maximum absolute atomic E-state index is 14.5. The molecule has 4 saturated carbocycles. The van der Waals surface area contributed by atoms with E-state index in [1.165, 1.54) is 24.8 Å². The molecule has 1 saturated heterocycles. The van der Waals surface area contributed by atoms with E-state index in [4.69, 9.17) is 14.2 Å². The lowest BCUT2D eigenvalue weighted by Gasteiger charge is -2.65. The second-order valence-corrected chi connectivity index (χ2v) is 18.1. The van der Waals surface area contributed by atoms with E-state index >= 15 is 0 Å². The number of fused-ring (bicyclic) bond motifs is 2. The van der Waals surface area contributed by atoms with Crippen molar-refractivity contribution in [2.24, 2.45) is 46.3 Å². The van der Waals surface area contributed by atoms with Crippen molar-refractivity contribution < 1.29 is 29.2 Å². The van der Waals surface area contributed by atoms with Crippen LogP contribution < -0.4 is 0 Å². The fourth-order valence-corrected chi connectivity index (χ4v) is 13.0. The Hall–Kier alpha value is -2.01. The SMILES string of the molecule is C[C@H]1[C@@H]([C@@H](O)[C@@](C)(O)[C@H]2CC[C@@]34OCC#C[C@@H](c5ccccc5)CO[C@H]5CC[C@@]6(C)[C@@H](C5)C(=O)C=C3[C@@H]6CC[C@]24C2CCCCC2)OC[C@@H]1C. The van der Waals surface area contributed by atoms with Crippen molar-refractivity contribution in [1.82, 2.24) is 0 Å². The Morgan fingerprint density at radius 2 is 1.72 bits per heavy atom. The Morgan fingerprint density at radius 1 is 0.940 bits per heavy atom. The Morgan fingerprint density at radius 3 is 2.46 bits per heavy atom. The van der Waals surface area contributed by atoms with Crippen molar-refractivity contribution in [2.45, 2.75) is 140 Å². The lowest BCUT2D eigenvalue weighted by molar-refractivity contribution is -0.223. The first-order chi connectivity index (χ1) is 24.0. The fraction of sp³-hybridized carbons (Fsp3) is 0.750. The van der Waals surface area contributed by atoms with Gasteiger partial charge in [-0.25, -0.2) is 0 Å². The molecule has 50 heavy (non-hydrogen) atoms. The van der Waals surface area contributed by atoms with Gasteiger partial charge in [-0.15, -0.1) is 0 Å². The number of benzene rings is 1. The number of aliphatic hydroxyl groups excluding tert-OH is 1. The normalized spacial score (nSPS) is 45.2. The molecule has 6 heteroatoms. The molecule has 6 bridgehead atoms. The zero-order chi connectivity index (χ0) is 34.9. The number of hydrogen-bond donors (Lipinski definition) is 2. The zero-order valence-corrected chi connectivity index (χ0v) is 30.9. The van der Waals surface area contributed by atoms with Crippen LogP contribution in [0.15, 0.2) is 42.0 Å². The second-order valence-electron chi connectivity index (χ2n) is 18.1. The number of aliphatic hydroxyl groups is 2. The van der Waals surface area contributed by atoms with Gasteiger partial charge in [-0.2, -0.15) is 0 Å². The lowest BCUT2D eigenvalue weighted by atomic mass is 9.42. The van der Waals surface area contributed by atoms with Crippen molar-refractivity contribution in [3.63, 3.8) is 0 Å². The molecule has 13 atom stereocenters. The third-order valence-corrected chi connectivity index (χ3v) is 15.9. The summed E-state index contributed by atoms with van der Waals surface area (Å²) < 4.78 is 20.3. The molecule has 9 aliphatic rings. The molecule has 5 aliphatic carbocycles. The number of hydrogen-bond acceptors (Lipinski definition) is 6. The minimum atomic E-state index is -1.38. The highest BCUT2D eigenvalue weighted by Gasteiger charge is 2.73. The van der Waals surface area contributed by atoms with E-state index in [1.807, 2.05) is 19.1 Å². The summed E-state index contributed by atoms with van der Waals surface area (Å²) in [6.45, 7) is 9.97. The van der Waals surface area contributed by atoms with E-state index in [9.17, 15) is 15.0 Å². The van der Waals surface area contributed by atoms with Crippen molar-refractivity contribution >= 4 is 5.78 Å². The summed E-state index contributed by atoms with van der Waals surface area (Å²) in [5.41, 5.74) is -0.361. The predicted octanol–water partition coefficient (Wildman–Crippen LogP) is 7.41. The van der Waals surface area contributed by atoms with E-state index in [-0.39, 0.29) is 53.5 Å². The van der Waals surface area contributed by atoms with Gasteiger partial charge in [0.1, 0.15) is 12.7 Å². The molecule has 4 heterocycles. The first kappa shape index (κ1) is 35.0. The van der Waals surface area contributed by atoms with Crippen LogP contribution in [0.3, 0.4) is 0 Å². The maximum Gasteiger partial charge on any atom is 0.159 e. The molecule has 10 rings (SSSR count). The largest absolute Gasteiger partial charge is 0.387 e. The quantitative estimate of drug-likeness (QED) is 0.315. The van der Waals surface area contributed by atoms with Crippen LogP contribution >= 0.6 is 0 Å². The van der Waals surface area contributed by atoms with Crippen LogP contribution in [0.2, 0.25) is 0 Å². The number of allylic oxidation sites excluding steroid dienone is 1. The molecule has 0 aromatic heterocycles. The molecule has 0 unspecified atom stereocenters. The van der Waals surface area contributed by atoms with Crippen LogP contribution in [-0.4, -0.2) is 65.3 Å². The smallest absolute Gasteiger partial charge is 0.159 e. The molecular formula is C44H60O6. The number of rotatable bonds is 5. The van der Waals surface area contributed by atoms with Crippen molar-refractivity contribution in [1.29, 1.82) is 0 Å². The highest BCUT2D eigenvalue weighted by molar-refractivity contribution is 5.95. The number of carbonyl (C=O) groups is 1. The molecule has 1 spiro atoms. The molecule has 1 aromatic carbocycles. The summed E-state index contributed by atoms with van der Waals surface area (Å²) in [5.74, 6) is 7.98. The molecule has 6 nitrogen and oxygen atoms in total. The average Bonchev–Trinajstić information content (AvgIpc) is 3.66. The lowest BCUT2D eigenvalue weighted by Crippen LogP contribution is -2.67. The highest BCUT2D eigenvalue weighted by Crippen LogP contribution is 2.73. The molecule has 4 aliphatic heterocycles. The summed E-state index contributed by atoms with van der Waals surface area (Å²) in [5, 5.41) is 25.1. The number of ketones is 1. The van der Waals surface area contributed by atoms with Crippen LogP contribution in [0, 0.1) is 58.2 Å². The molecule has 1 aromatic rings. The van der Waals surface area contributed by atoms with Gasteiger partial charge >= 0.3 is 0 Å². The zero-order valence-electron chi connectivity index (χ0n) is 30.9. The van der Waals surface area contributed by atoms with Gasteiger partial charge in [0, 0.05) is 17.9 Å². The first-order valence-electron chi connectivity index (χ1n) is 20.1. The molecule has 272 valence electrons. The third-order valence-electron chi connectivity index (χ3n) is 15.9. The fourth-order valence-electron chi connectivity index (χ4n) is 13.0. The standard InChI is InChI=1S/C44H60O6/c1-28-26-49-39(29(28)2)40(46)42(4,47)38-19-22-44-35-25-37(45)36-24-33(48-27-31(14-11-23-50-44)30-12-7-5-8-13-30)17-20-41(36,3)34(35)18-21-43(38,44)32-15-9-6-10-16-32/h5,7-8,12-13,25,28-29,31-34,36,38-40,46-47H,6,9-10,15-24,26-27H2,1-4H3/t28-,29+,31+,33-,34-,36-,38+,39-,40+,41+,42-,43-,44+/m0/s1. The highest BCUT2D eigenvalue weighted by atomic mass is 16.5. The van der Waals surface area contributed by atoms with Gasteiger partial charge < -0.3 is 24.4 Å². The van der Waals surface area contributed by atoms with Gasteiger partial charge in [-0.3, -0.25) is 4.79 Å². The molecule has 0 amide bonds. The van der Waals surface area contributed by atoms with Gasteiger partial charge in [0.25, 0.3) is 0 Å².